The van der Waals surface area contributed by atoms with Crippen LogP contribution in [0.25, 0.3) is 0 Å². The molecule has 3 aromatic carbocycles. The third-order valence-corrected chi connectivity index (χ3v) is 8.30. The van der Waals surface area contributed by atoms with E-state index in [1.165, 1.54) is 0 Å². The van der Waals surface area contributed by atoms with Gasteiger partial charge in [0, 0.05) is 32.5 Å². The van der Waals surface area contributed by atoms with Gasteiger partial charge in [-0.15, -0.1) is 0 Å². The van der Waals surface area contributed by atoms with Crippen LogP contribution in [-0.2, 0) is 39.0 Å². The fourth-order valence-electron chi connectivity index (χ4n) is 4.54. The quantitative estimate of drug-likeness (QED) is 0.243. The van der Waals surface area contributed by atoms with E-state index in [1.54, 1.807) is 36.1 Å². The average molecular weight is 564 g/mol. The molecule has 7 nitrogen and oxygen atoms in total. The monoisotopic (exact) mass is 563 g/mol. The average Bonchev–Trinajstić information content (AvgIpc) is 2.97. The van der Waals surface area contributed by atoms with Crippen LogP contribution < -0.4 is 10.0 Å². The van der Waals surface area contributed by atoms with Crippen molar-refractivity contribution in [2.45, 2.75) is 69.9 Å². The molecule has 0 bridgehead atoms. The Bertz CT molecular complexity index is 1300. The van der Waals surface area contributed by atoms with Crippen LogP contribution in [0, 0.1) is 0 Å². The van der Waals surface area contributed by atoms with Crippen molar-refractivity contribution in [3.05, 3.63) is 102 Å². The van der Waals surface area contributed by atoms with Gasteiger partial charge in [0.25, 0.3) is 0 Å². The van der Waals surface area contributed by atoms with E-state index in [2.05, 4.69) is 17.0 Å². The molecule has 0 unspecified atom stereocenters. The highest BCUT2D eigenvalue weighted by Crippen LogP contribution is 2.18. The minimum atomic E-state index is -3.54. The first kappa shape index (κ1) is 31.0. The van der Waals surface area contributed by atoms with E-state index in [9.17, 15) is 18.0 Å². The number of carbonyl (C=O) groups is 2. The molecule has 0 spiro atoms. The van der Waals surface area contributed by atoms with Crippen molar-refractivity contribution in [2.75, 3.05) is 13.1 Å². The fourth-order valence-corrected chi connectivity index (χ4v) is 5.58. The van der Waals surface area contributed by atoms with Crippen molar-refractivity contribution >= 4 is 21.8 Å². The summed E-state index contributed by atoms with van der Waals surface area (Å²) in [5.74, 6) is -0.278. The lowest BCUT2D eigenvalue weighted by molar-refractivity contribution is -0.141. The molecular formula is C32H41N3O4S. The van der Waals surface area contributed by atoms with Gasteiger partial charge in [-0.3, -0.25) is 9.59 Å². The SMILES string of the molecule is CCCCCNC(=O)[C@H](Cc1ccccc1)N(Cc1ccccc1)C(=O)CCc1ccc(S(=O)(=O)NCC)cc1. The van der Waals surface area contributed by atoms with Crippen molar-refractivity contribution in [3.63, 3.8) is 0 Å². The van der Waals surface area contributed by atoms with Gasteiger partial charge in [0.2, 0.25) is 21.8 Å². The van der Waals surface area contributed by atoms with Crippen molar-refractivity contribution in [1.82, 2.24) is 14.9 Å². The van der Waals surface area contributed by atoms with Gasteiger partial charge in [-0.2, -0.15) is 0 Å². The van der Waals surface area contributed by atoms with Crippen LogP contribution in [0.3, 0.4) is 0 Å². The predicted octanol–water partition coefficient (Wildman–Crippen LogP) is 4.86. The molecule has 40 heavy (non-hydrogen) atoms. The van der Waals surface area contributed by atoms with Crippen LogP contribution in [0.4, 0.5) is 0 Å². The Labute approximate surface area is 239 Å². The molecule has 1 atom stereocenters. The molecule has 0 aliphatic carbocycles. The first-order chi connectivity index (χ1) is 19.3. The third-order valence-electron chi connectivity index (χ3n) is 6.74. The lowest BCUT2D eigenvalue weighted by Gasteiger charge is -2.31. The van der Waals surface area contributed by atoms with E-state index in [0.29, 0.717) is 32.5 Å². The van der Waals surface area contributed by atoms with E-state index in [1.807, 2.05) is 60.7 Å². The maximum atomic E-state index is 13.8. The number of amides is 2. The predicted molar refractivity (Wildman–Crippen MR) is 159 cm³/mol. The minimum absolute atomic E-state index is 0.127. The van der Waals surface area contributed by atoms with E-state index < -0.39 is 16.1 Å². The summed E-state index contributed by atoms with van der Waals surface area (Å²) >= 11 is 0. The second kappa shape index (κ2) is 15.9. The molecule has 0 heterocycles. The van der Waals surface area contributed by atoms with Gasteiger partial charge in [-0.25, -0.2) is 13.1 Å². The topological polar surface area (TPSA) is 95.6 Å². The number of unbranched alkanes of at least 4 members (excludes halogenated alkanes) is 2. The second-order valence-corrected chi connectivity index (χ2v) is 11.6. The number of hydrogen-bond donors (Lipinski definition) is 2. The molecule has 3 rings (SSSR count). The Morgan fingerprint density at radius 1 is 0.800 bits per heavy atom. The number of carbonyl (C=O) groups excluding carboxylic acids is 2. The molecule has 2 amide bonds. The molecule has 8 heteroatoms. The Balaban J connectivity index is 1.82. The molecule has 0 aliphatic rings. The standard InChI is InChI=1S/C32H41N3O4S/c1-3-5-12-23-33-32(37)30(24-27-13-8-6-9-14-27)35(25-28-15-10-7-11-16-28)31(36)22-19-26-17-20-29(21-18-26)40(38,39)34-4-2/h6-11,13-18,20-21,30,34H,3-5,12,19,22-25H2,1-2H3,(H,33,37)/t30-/m0/s1. The highest BCUT2D eigenvalue weighted by molar-refractivity contribution is 7.89. The summed E-state index contributed by atoms with van der Waals surface area (Å²) in [5.41, 5.74) is 2.79. The number of sulfonamides is 1. The third kappa shape index (κ3) is 9.61. The highest BCUT2D eigenvalue weighted by atomic mass is 32.2. The van der Waals surface area contributed by atoms with Gasteiger partial charge in [-0.05, 0) is 41.7 Å². The van der Waals surface area contributed by atoms with E-state index in [-0.39, 0.29) is 23.1 Å². The Morgan fingerprint density at radius 2 is 1.43 bits per heavy atom. The Hall–Kier alpha value is -3.49. The lowest BCUT2D eigenvalue weighted by Crippen LogP contribution is -2.50. The summed E-state index contributed by atoms with van der Waals surface area (Å²) in [7, 11) is -3.54. The molecule has 0 radical (unpaired) electrons. The summed E-state index contributed by atoms with van der Waals surface area (Å²) in [6.45, 7) is 5.06. The molecule has 3 aromatic rings. The molecular weight excluding hydrogens is 522 g/mol. The van der Waals surface area contributed by atoms with Crippen LogP contribution >= 0.6 is 0 Å². The van der Waals surface area contributed by atoms with Gasteiger partial charge in [0.15, 0.2) is 0 Å². The lowest BCUT2D eigenvalue weighted by atomic mass is 10.0. The van der Waals surface area contributed by atoms with Crippen LogP contribution in [0.2, 0.25) is 0 Å². The number of aryl methyl sites for hydroxylation is 1. The van der Waals surface area contributed by atoms with Crippen molar-refractivity contribution in [1.29, 1.82) is 0 Å². The highest BCUT2D eigenvalue weighted by Gasteiger charge is 2.30. The minimum Gasteiger partial charge on any atom is -0.354 e. The summed E-state index contributed by atoms with van der Waals surface area (Å²) in [4.78, 5) is 29.2. The molecule has 0 fully saturated rings. The Morgan fingerprint density at radius 3 is 2.02 bits per heavy atom. The van der Waals surface area contributed by atoms with Crippen LogP contribution in [0.1, 0.15) is 56.2 Å². The zero-order chi connectivity index (χ0) is 28.8. The van der Waals surface area contributed by atoms with Gasteiger partial charge in [0.1, 0.15) is 6.04 Å². The van der Waals surface area contributed by atoms with E-state index >= 15 is 0 Å². The molecule has 0 saturated heterocycles. The fraction of sp³-hybridized carbons (Fsp3) is 0.375. The molecule has 0 aliphatic heterocycles. The summed E-state index contributed by atoms with van der Waals surface area (Å²) in [5, 5.41) is 3.07. The number of nitrogens with zero attached hydrogens (tertiary/aromatic N) is 1. The van der Waals surface area contributed by atoms with Crippen molar-refractivity contribution in [3.8, 4) is 0 Å². The maximum Gasteiger partial charge on any atom is 0.243 e. The van der Waals surface area contributed by atoms with Gasteiger partial charge in [0.05, 0.1) is 4.90 Å². The normalized spacial score (nSPS) is 12.1. The zero-order valence-corrected chi connectivity index (χ0v) is 24.3. The first-order valence-electron chi connectivity index (χ1n) is 14.1. The smallest absolute Gasteiger partial charge is 0.243 e. The van der Waals surface area contributed by atoms with Crippen LogP contribution in [0.15, 0.2) is 89.8 Å². The largest absolute Gasteiger partial charge is 0.354 e. The molecule has 2 N–H and O–H groups in total. The van der Waals surface area contributed by atoms with E-state index in [4.69, 9.17) is 0 Å². The second-order valence-electron chi connectivity index (χ2n) is 9.86. The summed E-state index contributed by atoms with van der Waals surface area (Å²) in [6, 6.07) is 25.4. The summed E-state index contributed by atoms with van der Waals surface area (Å²) < 4.78 is 27.0. The zero-order valence-electron chi connectivity index (χ0n) is 23.5. The number of hydrogen-bond acceptors (Lipinski definition) is 4. The maximum absolute atomic E-state index is 13.8. The van der Waals surface area contributed by atoms with Crippen molar-refractivity contribution in [2.24, 2.45) is 0 Å². The molecule has 0 saturated carbocycles. The van der Waals surface area contributed by atoms with Crippen LogP contribution in [-0.4, -0.2) is 44.3 Å². The molecule has 0 aromatic heterocycles. The number of nitrogens with one attached hydrogen (secondary N) is 2. The first-order valence-corrected chi connectivity index (χ1v) is 15.6. The number of benzene rings is 3. The number of rotatable bonds is 16. The van der Waals surface area contributed by atoms with Crippen LogP contribution in [0.5, 0.6) is 0 Å². The van der Waals surface area contributed by atoms with Gasteiger partial charge >= 0.3 is 0 Å². The van der Waals surface area contributed by atoms with Gasteiger partial charge < -0.3 is 10.2 Å². The van der Waals surface area contributed by atoms with Gasteiger partial charge in [-0.1, -0.05) is 99.5 Å². The van der Waals surface area contributed by atoms with Crippen molar-refractivity contribution < 1.29 is 18.0 Å². The van der Waals surface area contributed by atoms with E-state index in [0.717, 1.165) is 36.0 Å². The Kier molecular flexibility index (Phi) is 12.4. The molecule has 214 valence electrons. The summed E-state index contributed by atoms with van der Waals surface area (Å²) in [6.07, 6.45) is 4.03.